The molecule has 2 aromatic heterocycles. The molecular formula is C19H21N5O2. The number of anilines is 1. The molecule has 7 nitrogen and oxygen atoms in total. The van der Waals surface area contributed by atoms with E-state index in [0.29, 0.717) is 12.4 Å². The van der Waals surface area contributed by atoms with E-state index in [-0.39, 0.29) is 6.10 Å². The number of methoxy groups -OCH3 is 1. The van der Waals surface area contributed by atoms with Crippen molar-refractivity contribution in [2.24, 2.45) is 0 Å². The van der Waals surface area contributed by atoms with Gasteiger partial charge >= 0.3 is 0 Å². The average molecular weight is 351 g/mol. The zero-order chi connectivity index (χ0) is 18.1. The van der Waals surface area contributed by atoms with Crippen LogP contribution < -0.4 is 14.8 Å². The first kappa shape index (κ1) is 16.4. The van der Waals surface area contributed by atoms with E-state index in [1.165, 1.54) is 5.56 Å². The molecule has 1 atom stereocenters. The molecule has 7 heteroatoms. The molecule has 3 heterocycles. The van der Waals surface area contributed by atoms with E-state index in [2.05, 4.69) is 33.3 Å². The van der Waals surface area contributed by atoms with E-state index >= 15 is 0 Å². The summed E-state index contributed by atoms with van der Waals surface area (Å²) in [6.07, 6.45) is 8.15. The van der Waals surface area contributed by atoms with Crippen LogP contribution in [0.3, 0.4) is 0 Å². The summed E-state index contributed by atoms with van der Waals surface area (Å²) in [5, 5.41) is 3.32. The first-order chi connectivity index (χ1) is 12.6. The second-order valence-corrected chi connectivity index (χ2v) is 6.36. The number of nitrogens with one attached hydrogen (secondary N) is 1. The summed E-state index contributed by atoms with van der Waals surface area (Å²) < 4.78 is 13.3. The van der Waals surface area contributed by atoms with Crippen molar-refractivity contribution in [3.8, 4) is 17.3 Å². The summed E-state index contributed by atoms with van der Waals surface area (Å²) in [6.45, 7) is 4.57. The average Bonchev–Trinajstić information content (AvgIpc) is 3.23. The molecule has 4 rings (SSSR count). The summed E-state index contributed by atoms with van der Waals surface area (Å²) in [6, 6.07) is 4.11. The third kappa shape index (κ3) is 3.08. The van der Waals surface area contributed by atoms with Gasteiger partial charge in [0.2, 0.25) is 0 Å². The maximum atomic E-state index is 5.86. The Bertz CT molecular complexity index is 937. The molecule has 1 aliphatic rings. The molecule has 0 radical (unpaired) electrons. The van der Waals surface area contributed by atoms with Gasteiger partial charge in [-0.15, -0.1) is 0 Å². The molecule has 1 unspecified atom stereocenters. The lowest BCUT2D eigenvalue weighted by Crippen LogP contribution is -2.07. The van der Waals surface area contributed by atoms with Crippen LogP contribution in [0.4, 0.5) is 5.82 Å². The molecule has 0 amide bonds. The molecule has 0 bridgehead atoms. The number of hydrogen-bond acceptors (Lipinski definition) is 6. The van der Waals surface area contributed by atoms with Crippen LogP contribution in [0, 0.1) is 6.92 Å². The van der Waals surface area contributed by atoms with Gasteiger partial charge in [0, 0.05) is 36.5 Å². The predicted octanol–water partition coefficient (Wildman–Crippen LogP) is 2.91. The van der Waals surface area contributed by atoms with E-state index in [1.807, 2.05) is 23.8 Å². The summed E-state index contributed by atoms with van der Waals surface area (Å²) in [4.78, 5) is 13.1. The van der Waals surface area contributed by atoms with Crippen LogP contribution >= 0.6 is 0 Å². The van der Waals surface area contributed by atoms with Crippen LogP contribution in [0.15, 0.2) is 36.9 Å². The van der Waals surface area contributed by atoms with E-state index in [0.717, 1.165) is 35.1 Å². The predicted molar refractivity (Wildman–Crippen MR) is 98.0 cm³/mol. The van der Waals surface area contributed by atoms with Gasteiger partial charge in [0.05, 0.1) is 19.5 Å². The summed E-state index contributed by atoms with van der Waals surface area (Å²) in [5.74, 6) is 4.06. The minimum absolute atomic E-state index is 0.207. The highest BCUT2D eigenvalue weighted by molar-refractivity contribution is 5.50. The fraction of sp³-hybridized carbons (Fsp3) is 0.316. The zero-order valence-electron chi connectivity index (χ0n) is 15.1. The van der Waals surface area contributed by atoms with Crippen molar-refractivity contribution < 1.29 is 9.47 Å². The molecule has 0 spiro atoms. The Hall–Kier alpha value is -3.09. The van der Waals surface area contributed by atoms with Crippen molar-refractivity contribution in [3.63, 3.8) is 0 Å². The second kappa shape index (κ2) is 6.67. The monoisotopic (exact) mass is 351 g/mol. The summed E-state index contributed by atoms with van der Waals surface area (Å²) in [7, 11) is 1.69. The SMILES string of the molecule is COc1cc2c(cc1CNc1cncc(-n3ccnc3C)n1)OC(C)C2. The normalized spacial score (nSPS) is 15.4. The molecule has 0 fully saturated rings. The molecule has 134 valence electrons. The Morgan fingerprint density at radius 3 is 3.00 bits per heavy atom. The van der Waals surface area contributed by atoms with Crippen LogP contribution in [0.25, 0.3) is 5.82 Å². The zero-order valence-corrected chi connectivity index (χ0v) is 15.1. The highest BCUT2D eigenvalue weighted by Crippen LogP contribution is 2.35. The van der Waals surface area contributed by atoms with Gasteiger partial charge < -0.3 is 14.8 Å². The second-order valence-electron chi connectivity index (χ2n) is 6.36. The Balaban J connectivity index is 1.55. The number of benzene rings is 1. The highest BCUT2D eigenvalue weighted by atomic mass is 16.5. The van der Waals surface area contributed by atoms with Crippen molar-refractivity contribution >= 4 is 5.82 Å². The largest absolute Gasteiger partial charge is 0.496 e. The van der Waals surface area contributed by atoms with E-state index in [1.54, 1.807) is 25.7 Å². The maximum absolute atomic E-state index is 5.86. The Morgan fingerprint density at radius 2 is 2.23 bits per heavy atom. The maximum Gasteiger partial charge on any atom is 0.159 e. The van der Waals surface area contributed by atoms with Crippen molar-refractivity contribution in [1.82, 2.24) is 19.5 Å². The number of ether oxygens (including phenoxy) is 2. The van der Waals surface area contributed by atoms with Gasteiger partial charge in [-0.05, 0) is 26.0 Å². The van der Waals surface area contributed by atoms with Gasteiger partial charge in [0.15, 0.2) is 5.82 Å². The molecular weight excluding hydrogens is 330 g/mol. The fourth-order valence-electron chi connectivity index (χ4n) is 3.17. The number of rotatable bonds is 5. The van der Waals surface area contributed by atoms with Gasteiger partial charge in [0.1, 0.15) is 29.2 Å². The van der Waals surface area contributed by atoms with Crippen LogP contribution in [0.5, 0.6) is 11.5 Å². The lowest BCUT2D eigenvalue weighted by Gasteiger charge is -2.13. The van der Waals surface area contributed by atoms with Crippen LogP contribution in [0.1, 0.15) is 23.9 Å². The molecule has 1 aromatic carbocycles. The lowest BCUT2D eigenvalue weighted by atomic mass is 10.1. The van der Waals surface area contributed by atoms with Gasteiger partial charge in [-0.1, -0.05) is 0 Å². The number of aryl methyl sites for hydroxylation is 1. The third-order valence-corrected chi connectivity index (χ3v) is 4.45. The molecule has 0 aliphatic carbocycles. The minimum atomic E-state index is 0.207. The first-order valence-electron chi connectivity index (χ1n) is 8.56. The fourth-order valence-corrected chi connectivity index (χ4v) is 3.17. The van der Waals surface area contributed by atoms with Gasteiger partial charge in [-0.3, -0.25) is 9.55 Å². The molecule has 1 N–H and O–H groups in total. The van der Waals surface area contributed by atoms with E-state index < -0.39 is 0 Å². The number of fused-ring (bicyclic) bond motifs is 1. The Labute approximate surface area is 152 Å². The standard InChI is InChI=1S/C19H21N5O2/c1-12-6-14-7-16(25-3)15(8-17(14)26-12)9-22-18-10-20-11-19(23-18)24-5-4-21-13(24)2/h4-5,7-8,10-12H,6,9H2,1-3H3,(H,22,23). The topological polar surface area (TPSA) is 74.1 Å². The van der Waals surface area contributed by atoms with Gasteiger partial charge in [0.25, 0.3) is 0 Å². The van der Waals surface area contributed by atoms with Gasteiger partial charge in [-0.2, -0.15) is 0 Å². The molecule has 3 aromatic rings. The molecule has 26 heavy (non-hydrogen) atoms. The van der Waals surface area contributed by atoms with Crippen molar-refractivity contribution in [3.05, 3.63) is 53.9 Å². The molecule has 1 aliphatic heterocycles. The van der Waals surface area contributed by atoms with Crippen molar-refractivity contribution in [1.29, 1.82) is 0 Å². The van der Waals surface area contributed by atoms with E-state index in [9.17, 15) is 0 Å². The van der Waals surface area contributed by atoms with Crippen LogP contribution in [-0.2, 0) is 13.0 Å². The Kier molecular flexibility index (Phi) is 4.20. The van der Waals surface area contributed by atoms with Gasteiger partial charge in [-0.25, -0.2) is 9.97 Å². The van der Waals surface area contributed by atoms with Crippen molar-refractivity contribution in [2.75, 3.05) is 12.4 Å². The quantitative estimate of drug-likeness (QED) is 0.762. The minimum Gasteiger partial charge on any atom is -0.496 e. The third-order valence-electron chi connectivity index (χ3n) is 4.45. The smallest absolute Gasteiger partial charge is 0.159 e. The van der Waals surface area contributed by atoms with Crippen LogP contribution in [-0.4, -0.2) is 32.7 Å². The first-order valence-corrected chi connectivity index (χ1v) is 8.56. The summed E-state index contributed by atoms with van der Waals surface area (Å²) in [5.41, 5.74) is 2.21. The lowest BCUT2D eigenvalue weighted by molar-refractivity contribution is 0.254. The highest BCUT2D eigenvalue weighted by Gasteiger charge is 2.21. The van der Waals surface area contributed by atoms with Crippen LogP contribution in [0.2, 0.25) is 0 Å². The number of nitrogens with zero attached hydrogens (tertiary/aromatic N) is 4. The van der Waals surface area contributed by atoms with E-state index in [4.69, 9.17) is 9.47 Å². The number of hydrogen-bond donors (Lipinski definition) is 1. The number of imidazole rings is 1. The molecule has 0 saturated heterocycles. The Morgan fingerprint density at radius 1 is 1.35 bits per heavy atom. The summed E-state index contributed by atoms with van der Waals surface area (Å²) >= 11 is 0. The number of aromatic nitrogens is 4. The molecule has 0 saturated carbocycles. The van der Waals surface area contributed by atoms with Crippen molar-refractivity contribution in [2.45, 2.75) is 32.9 Å².